The van der Waals surface area contributed by atoms with Gasteiger partial charge in [-0.1, -0.05) is 20.8 Å². The molecule has 164 valence electrons. The van der Waals surface area contributed by atoms with E-state index in [1.54, 1.807) is 24.0 Å². The molecule has 4 rings (SSSR count). The first kappa shape index (κ1) is 21.0. The zero-order valence-electron chi connectivity index (χ0n) is 18.4. The van der Waals surface area contributed by atoms with E-state index in [0.29, 0.717) is 32.1 Å². The van der Waals surface area contributed by atoms with Crippen LogP contribution in [0.3, 0.4) is 0 Å². The number of aromatic nitrogens is 4. The van der Waals surface area contributed by atoms with Gasteiger partial charge in [0.25, 0.3) is 0 Å². The molecule has 31 heavy (non-hydrogen) atoms. The van der Waals surface area contributed by atoms with E-state index in [-0.39, 0.29) is 11.3 Å². The minimum absolute atomic E-state index is 0.0114. The van der Waals surface area contributed by atoms with E-state index in [2.05, 4.69) is 15.0 Å². The molecular weight excluding hydrogens is 394 g/mol. The van der Waals surface area contributed by atoms with E-state index in [1.165, 1.54) is 0 Å². The van der Waals surface area contributed by atoms with Crippen LogP contribution in [0, 0.1) is 5.41 Å². The van der Waals surface area contributed by atoms with Crippen LogP contribution in [0.1, 0.15) is 20.8 Å². The van der Waals surface area contributed by atoms with Crippen LogP contribution in [0.15, 0.2) is 36.8 Å². The molecule has 1 saturated heterocycles. The van der Waals surface area contributed by atoms with Crippen LogP contribution in [-0.2, 0) is 4.79 Å². The lowest BCUT2D eigenvalue weighted by molar-refractivity contribution is -0.135. The fourth-order valence-corrected chi connectivity index (χ4v) is 3.71. The number of nitrogens with zero attached hydrogens (tertiary/aromatic N) is 6. The molecule has 0 saturated carbocycles. The molecule has 9 nitrogen and oxygen atoms in total. The Balaban J connectivity index is 1.55. The molecule has 1 fully saturated rings. The van der Waals surface area contributed by atoms with Crippen LogP contribution in [0.4, 0.5) is 5.82 Å². The first-order chi connectivity index (χ1) is 14.8. The second-order valence-corrected chi connectivity index (χ2v) is 8.83. The summed E-state index contributed by atoms with van der Waals surface area (Å²) in [6.07, 6.45) is 5.37. The third kappa shape index (κ3) is 4.05. The van der Waals surface area contributed by atoms with Crippen molar-refractivity contribution >= 4 is 17.4 Å². The average Bonchev–Trinajstić information content (AvgIpc) is 3.20. The number of amides is 1. The van der Waals surface area contributed by atoms with Crippen molar-refractivity contribution in [2.45, 2.75) is 26.8 Å². The van der Waals surface area contributed by atoms with Crippen LogP contribution in [0.2, 0.25) is 0 Å². The molecule has 1 aliphatic rings. The predicted molar refractivity (Wildman–Crippen MR) is 119 cm³/mol. The maximum atomic E-state index is 12.7. The predicted octanol–water partition coefficient (Wildman–Crippen LogP) is 1.82. The Kier molecular flexibility index (Phi) is 5.53. The highest BCUT2D eigenvalue weighted by atomic mass is 16.5. The highest BCUT2D eigenvalue weighted by Crippen LogP contribution is 2.31. The van der Waals surface area contributed by atoms with E-state index in [0.717, 1.165) is 22.6 Å². The Morgan fingerprint density at radius 2 is 1.90 bits per heavy atom. The Labute approximate surface area is 181 Å². The quantitative estimate of drug-likeness (QED) is 0.683. The Morgan fingerprint density at radius 3 is 2.58 bits per heavy atom. The standard InChI is InChI=1S/C22H29N7O2/c1-22(2,3)18(23)21(30)28-12-10-27(11-13-28)17-7-9-29-19(26-17)16(14-25-29)15-6-5-8-24-20(15)31-4/h5-9,14,18H,10-13,23H2,1-4H3. The van der Waals surface area contributed by atoms with Gasteiger partial charge in [-0.25, -0.2) is 14.5 Å². The lowest BCUT2D eigenvalue weighted by atomic mass is 9.86. The monoisotopic (exact) mass is 423 g/mol. The van der Waals surface area contributed by atoms with Crippen LogP contribution in [-0.4, -0.2) is 69.7 Å². The fraction of sp³-hybridized carbons (Fsp3) is 0.455. The third-order valence-electron chi connectivity index (χ3n) is 5.72. The molecule has 0 aromatic carbocycles. The van der Waals surface area contributed by atoms with Crippen molar-refractivity contribution in [1.82, 2.24) is 24.5 Å². The number of hydrogen-bond acceptors (Lipinski definition) is 7. The largest absolute Gasteiger partial charge is 0.481 e. The third-order valence-corrected chi connectivity index (χ3v) is 5.72. The number of hydrogen-bond donors (Lipinski definition) is 1. The van der Waals surface area contributed by atoms with Crippen LogP contribution < -0.4 is 15.4 Å². The van der Waals surface area contributed by atoms with Gasteiger partial charge < -0.3 is 20.3 Å². The van der Waals surface area contributed by atoms with Gasteiger partial charge in [0.2, 0.25) is 11.8 Å². The molecule has 9 heteroatoms. The van der Waals surface area contributed by atoms with E-state index in [4.69, 9.17) is 15.5 Å². The lowest BCUT2D eigenvalue weighted by Crippen LogP contribution is -2.56. The van der Waals surface area contributed by atoms with Gasteiger partial charge >= 0.3 is 0 Å². The van der Waals surface area contributed by atoms with Gasteiger partial charge in [0.1, 0.15) is 5.82 Å². The molecule has 4 heterocycles. The Bertz CT molecular complexity index is 1080. The topological polar surface area (TPSA) is 102 Å². The highest BCUT2D eigenvalue weighted by molar-refractivity contribution is 5.83. The van der Waals surface area contributed by atoms with Crippen molar-refractivity contribution in [3.63, 3.8) is 0 Å². The number of rotatable bonds is 4. The maximum Gasteiger partial charge on any atom is 0.240 e. The molecule has 1 amide bonds. The molecule has 3 aromatic heterocycles. The second-order valence-electron chi connectivity index (χ2n) is 8.83. The summed E-state index contributed by atoms with van der Waals surface area (Å²) >= 11 is 0. The Morgan fingerprint density at radius 1 is 1.16 bits per heavy atom. The summed E-state index contributed by atoms with van der Waals surface area (Å²) < 4.78 is 7.15. The number of piperazine rings is 1. The van der Waals surface area contributed by atoms with Gasteiger partial charge in [-0.3, -0.25) is 4.79 Å². The number of ether oxygens (including phenoxy) is 1. The molecule has 1 unspecified atom stereocenters. The number of carbonyl (C=O) groups excluding carboxylic acids is 1. The van der Waals surface area contributed by atoms with Crippen molar-refractivity contribution < 1.29 is 9.53 Å². The van der Waals surface area contributed by atoms with Crippen LogP contribution in [0.5, 0.6) is 5.88 Å². The van der Waals surface area contributed by atoms with Gasteiger partial charge in [0.15, 0.2) is 5.65 Å². The van der Waals surface area contributed by atoms with E-state index >= 15 is 0 Å². The molecule has 0 bridgehead atoms. The number of carbonyl (C=O) groups is 1. The average molecular weight is 424 g/mol. The lowest BCUT2D eigenvalue weighted by Gasteiger charge is -2.38. The molecule has 0 aliphatic carbocycles. The molecule has 1 atom stereocenters. The normalized spacial score (nSPS) is 15.9. The van der Waals surface area contributed by atoms with Crippen LogP contribution in [0.25, 0.3) is 16.8 Å². The Hall–Kier alpha value is -3.20. The van der Waals surface area contributed by atoms with Gasteiger partial charge in [-0.2, -0.15) is 5.10 Å². The fourth-order valence-electron chi connectivity index (χ4n) is 3.71. The number of fused-ring (bicyclic) bond motifs is 1. The summed E-state index contributed by atoms with van der Waals surface area (Å²) in [5.74, 6) is 1.40. The zero-order valence-corrected chi connectivity index (χ0v) is 18.4. The highest BCUT2D eigenvalue weighted by Gasteiger charge is 2.32. The number of pyridine rings is 1. The number of methoxy groups -OCH3 is 1. The van der Waals surface area contributed by atoms with Gasteiger partial charge in [0, 0.05) is 44.1 Å². The first-order valence-corrected chi connectivity index (χ1v) is 10.4. The van der Waals surface area contributed by atoms with Crippen molar-refractivity contribution in [1.29, 1.82) is 0 Å². The van der Waals surface area contributed by atoms with E-state index < -0.39 is 6.04 Å². The molecule has 3 aromatic rings. The van der Waals surface area contributed by atoms with Crippen molar-refractivity contribution in [2.24, 2.45) is 11.1 Å². The maximum absolute atomic E-state index is 12.7. The first-order valence-electron chi connectivity index (χ1n) is 10.4. The number of nitrogens with two attached hydrogens (primary N) is 1. The van der Waals surface area contributed by atoms with Gasteiger partial charge in [0.05, 0.1) is 24.9 Å². The summed E-state index contributed by atoms with van der Waals surface area (Å²) in [5.41, 5.74) is 8.35. The van der Waals surface area contributed by atoms with E-state index in [1.807, 2.05) is 50.1 Å². The minimum atomic E-state index is -0.502. The van der Waals surface area contributed by atoms with Crippen LogP contribution >= 0.6 is 0 Å². The van der Waals surface area contributed by atoms with Crippen molar-refractivity contribution in [3.05, 3.63) is 36.8 Å². The summed E-state index contributed by atoms with van der Waals surface area (Å²) in [5, 5.41) is 4.42. The summed E-state index contributed by atoms with van der Waals surface area (Å²) in [6.45, 7) is 8.62. The second kappa shape index (κ2) is 8.14. The van der Waals surface area contributed by atoms with Gasteiger partial charge in [-0.05, 0) is 23.6 Å². The molecule has 2 N–H and O–H groups in total. The van der Waals surface area contributed by atoms with Crippen molar-refractivity contribution in [2.75, 3.05) is 38.2 Å². The smallest absolute Gasteiger partial charge is 0.240 e. The van der Waals surface area contributed by atoms with Crippen molar-refractivity contribution in [3.8, 4) is 17.0 Å². The summed E-state index contributed by atoms with van der Waals surface area (Å²) in [7, 11) is 1.60. The molecule has 0 radical (unpaired) electrons. The summed E-state index contributed by atoms with van der Waals surface area (Å²) in [6, 6.07) is 5.25. The summed E-state index contributed by atoms with van der Waals surface area (Å²) in [4.78, 5) is 25.9. The molecule has 0 spiro atoms. The molecular formula is C22H29N7O2. The SMILES string of the molecule is COc1ncccc1-c1cnn2ccc(N3CCN(C(=O)C(N)C(C)(C)C)CC3)nc12. The van der Waals surface area contributed by atoms with E-state index in [9.17, 15) is 4.79 Å². The molecule has 1 aliphatic heterocycles. The zero-order chi connectivity index (χ0) is 22.2. The number of anilines is 1. The van der Waals surface area contributed by atoms with Gasteiger partial charge in [-0.15, -0.1) is 0 Å². The minimum Gasteiger partial charge on any atom is -0.481 e.